The monoisotopic (exact) mass is 535 g/mol. The number of aryl methyl sites for hydroxylation is 2. The van der Waals surface area contributed by atoms with Gasteiger partial charge in [-0.1, -0.05) is 30.3 Å². The molecule has 0 aliphatic carbocycles. The molecule has 1 fully saturated rings. The first-order valence-corrected chi connectivity index (χ1v) is 14.9. The number of aromatic nitrogens is 1. The van der Waals surface area contributed by atoms with E-state index in [4.69, 9.17) is 4.74 Å². The van der Waals surface area contributed by atoms with E-state index in [2.05, 4.69) is 28.8 Å². The zero-order valence-corrected chi connectivity index (χ0v) is 23.3. The predicted octanol–water partition coefficient (Wildman–Crippen LogP) is 4.73. The van der Waals surface area contributed by atoms with Crippen molar-refractivity contribution in [1.29, 1.82) is 0 Å². The number of amides is 1. The minimum absolute atomic E-state index is 0.0196. The molecular weight excluding hydrogens is 498 g/mol. The van der Waals surface area contributed by atoms with Crippen molar-refractivity contribution in [3.05, 3.63) is 83.2 Å². The molecule has 2 aliphatic heterocycles. The topological polar surface area (TPSA) is 71.9 Å². The van der Waals surface area contributed by atoms with Crippen molar-refractivity contribution in [3.63, 3.8) is 0 Å². The second-order valence-electron chi connectivity index (χ2n) is 10.6. The maximum Gasteiger partial charge on any atom is 0.244 e. The maximum absolute atomic E-state index is 14.1. The molecule has 2 aromatic carbocycles. The number of benzene rings is 2. The molecule has 0 N–H and O–H groups in total. The van der Waals surface area contributed by atoms with Crippen LogP contribution in [-0.4, -0.2) is 54.8 Å². The summed E-state index contributed by atoms with van der Waals surface area (Å²) < 4.78 is 37.2. The van der Waals surface area contributed by atoms with E-state index < -0.39 is 16.1 Å². The van der Waals surface area contributed by atoms with Crippen LogP contribution in [0, 0.1) is 19.8 Å². The summed E-state index contributed by atoms with van der Waals surface area (Å²) in [6.07, 6.45) is 5.07. The molecule has 1 unspecified atom stereocenters. The second kappa shape index (κ2) is 10.9. The highest BCUT2D eigenvalue weighted by molar-refractivity contribution is 7.89. The van der Waals surface area contributed by atoms with Crippen molar-refractivity contribution >= 4 is 15.9 Å². The number of ether oxygens (including phenoxy) is 1. The molecule has 1 aromatic heterocycles. The Hall–Kier alpha value is -3.10. The summed E-state index contributed by atoms with van der Waals surface area (Å²) in [7, 11) is -2.27. The summed E-state index contributed by atoms with van der Waals surface area (Å²) in [6, 6.07) is 17.4. The summed E-state index contributed by atoms with van der Waals surface area (Å²) in [5, 5.41) is 0. The largest absolute Gasteiger partial charge is 0.497 e. The van der Waals surface area contributed by atoms with Crippen molar-refractivity contribution in [2.45, 2.75) is 57.0 Å². The van der Waals surface area contributed by atoms with Crippen LogP contribution in [0.1, 0.15) is 47.7 Å². The number of hydrogen-bond donors (Lipinski definition) is 0. The van der Waals surface area contributed by atoms with Crippen molar-refractivity contribution < 1.29 is 17.9 Å². The number of carbonyl (C=O) groups is 1. The third kappa shape index (κ3) is 5.24. The van der Waals surface area contributed by atoms with E-state index in [1.54, 1.807) is 37.4 Å². The van der Waals surface area contributed by atoms with Gasteiger partial charge in [-0.05, 0) is 80.0 Å². The minimum Gasteiger partial charge on any atom is -0.497 e. The number of likely N-dealkylation sites (tertiary alicyclic amines) is 1. The molecule has 1 saturated heterocycles. The van der Waals surface area contributed by atoms with Crippen LogP contribution in [0.3, 0.4) is 0 Å². The van der Waals surface area contributed by atoms with Gasteiger partial charge in [-0.3, -0.25) is 4.79 Å². The quantitative estimate of drug-likeness (QED) is 0.439. The Morgan fingerprint density at radius 3 is 2.29 bits per heavy atom. The average molecular weight is 536 g/mol. The van der Waals surface area contributed by atoms with Crippen molar-refractivity contribution in [2.75, 3.05) is 26.7 Å². The minimum atomic E-state index is -3.84. The molecular formula is C30H37N3O4S. The van der Waals surface area contributed by atoms with Crippen LogP contribution in [0.5, 0.6) is 5.75 Å². The van der Waals surface area contributed by atoms with Gasteiger partial charge in [0.15, 0.2) is 0 Å². The first-order valence-electron chi connectivity index (χ1n) is 13.4. The lowest BCUT2D eigenvalue weighted by Gasteiger charge is -2.38. The molecule has 1 amide bonds. The van der Waals surface area contributed by atoms with Gasteiger partial charge in [-0.25, -0.2) is 8.42 Å². The lowest BCUT2D eigenvalue weighted by molar-refractivity contribution is -0.133. The SMILES string of the molecule is COc1cc(C)c(S(=O)(=O)N2CCn3cccc3C2CC(=O)N2CCC(Cc3ccccc3)CC2)c(C)c1. The molecule has 38 heavy (non-hydrogen) atoms. The van der Waals surface area contributed by atoms with Crippen molar-refractivity contribution in [3.8, 4) is 5.75 Å². The predicted molar refractivity (Wildman–Crippen MR) is 148 cm³/mol. The van der Waals surface area contributed by atoms with E-state index in [9.17, 15) is 13.2 Å². The fourth-order valence-electron chi connectivity index (χ4n) is 6.12. The zero-order valence-electron chi connectivity index (χ0n) is 22.5. The highest BCUT2D eigenvalue weighted by Crippen LogP contribution is 2.37. The van der Waals surface area contributed by atoms with Crippen LogP contribution in [-0.2, 0) is 27.8 Å². The van der Waals surface area contributed by atoms with Gasteiger partial charge in [0.05, 0.1) is 18.0 Å². The van der Waals surface area contributed by atoms with Gasteiger partial charge >= 0.3 is 0 Å². The Morgan fingerprint density at radius 2 is 1.63 bits per heavy atom. The smallest absolute Gasteiger partial charge is 0.244 e. The van der Waals surface area contributed by atoms with E-state index >= 15 is 0 Å². The average Bonchev–Trinajstić information content (AvgIpc) is 3.38. The molecule has 2 aliphatic rings. The maximum atomic E-state index is 14.1. The van der Waals surface area contributed by atoms with Gasteiger partial charge in [-0.15, -0.1) is 0 Å². The molecule has 0 radical (unpaired) electrons. The van der Waals surface area contributed by atoms with Crippen LogP contribution in [0.4, 0.5) is 0 Å². The highest BCUT2D eigenvalue weighted by atomic mass is 32.2. The van der Waals surface area contributed by atoms with Gasteiger partial charge in [0.25, 0.3) is 0 Å². The Labute approximate surface area is 226 Å². The van der Waals surface area contributed by atoms with Gasteiger partial charge in [-0.2, -0.15) is 4.31 Å². The molecule has 0 spiro atoms. The van der Waals surface area contributed by atoms with E-state index in [0.717, 1.165) is 25.0 Å². The number of sulfonamides is 1. The Balaban J connectivity index is 1.34. The van der Waals surface area contributed by atoms with Crippen molar-refractivity contribution in [1.82, 2.24) is 13.8 Å². The summed E-state index contributed by atoms with van der Waals surface area (Å²) in [4.78, 5) is 15.8. The summed E-state index contributed by atoms with van der Waals surface area (Å²) in [6.45, 7) is 5.92. The number of hydrogen-bond acceptors (Lipinski definition) is 4. The van der Waals surface area contributed by atoms with E-state index in [-0.39, 0.29) is 12.3 Å². The van der Waals surface area contributed by atoms with E-state index in [0.29, 0.717) is 53.9 Å². The van der Waals surface area contributed by atoms with Crippen LogP contribution >= 0.6 is 0 Å². The van der Waals surface area contributed by atoms with Gasteiger partial charge in [0.2, 0.25) is 15.9 Å². The zero-order chi connectivity index (χ0) is 26.9. The fourth-order valence-corrected chi connectivity index (χ4v) is 8.12. The third-order valence-electron chi connectivity index (χ3n) is 8.05. The molecule has 202 valence electrons. The van der Waals surface area contributed by atoms with E-state index in [1.807, 2.05) is 29.3 Å². The molecule has 7 nitrogen and oxygen atoms in total. The molecule has 5 rings (SSSR count). The highest BCUT2D eigenvalue weighted by Gasteiger charge is 2.40. The molecule has 0 saturated carbocycles. The second-order valence-corrected chi connectivity index (χ2v) is 12.4. The first-order chi connectivity index (χ1) is 18.3. The number of piperidine rings is 1. The molecule has 1 atom stereocenters. The number of nitrogens with zero attached hydrogens (tertiary/aromatic N) is 3. The normalized spacial score (nSPS) is 18.8. The summed E-state index contributed by atoms with van der Waals surface area (Å²) >= 11 is 0. The van der Waals surface area contributed by atoms with Crippen LogP contribution in [0.15, 0.2) is 65.7 Å². The fraction of sp³-hybridized carbons (Fsp3) is 0.433. The number of methoxy groups -OCH3 is 1. The Kier molecular flexibility index (Phi) is 7.63. The lowest BCUT2D eigenvalue weighted by atomic mass is 9.90. The van der Waals surface area contributed by atoms with Gasteiger partial charge < -0.3 is 14.2 Å². The summed E-state index contributed by atoms with van der Waals surface area (Å²) in [5.41, 5.74) is 3.50. The number of carbonyl (C=O) groups excluding carboxylic acids is 1. The molecule has 0 bridgehead atoms. The van der Waals surface area contributed by atoms with Gasteiger partial charge in [0, 0.05) is 44.5 Å². The number of rotatable bonds is 7. The van der Waals surface area contributed by atoms with E-state index in [1.165, 1.54) is 5.56 Å². The Morgan fingerprint density at radius 1 is 0.947 bits per heavy atom. The van der Waals surface area contributed by atoms with Gasteiger partial charge in [0.1, 0.15) is 5.75 Å². The van der Waals surface area contributed by atoms with Crippen molar-refractivity contribution in [2.24, 2.45) is 5.92 Å². The van der Waals surface area contributed by atoms with Crippen LogP contribution in [0.25, 0.3) is 0 Å². The Bertz CT molecular complexity index is 1370. The molecule has 3 heterocycles. The van der Waals surface area contributed by atoms with Crippen LogP contribution < -0.4 is 4.74 Å². The van der Waals surface area contributed by atoms with Crippen LogP contribution in [0.2, 0.25) is 0 Å². The summed E-state index contributed by atoms with van der Waals surface area (Å²) in [5.74, 6) is 1.21. The number of fused-ring (bicyclic) bond motifs is 1. The molecule has 8 heteroatoms. The first kappa shape index (κ1) is 26.5. The lowest BCUT2D eigenvalue weighted by Crippen LogP contribution is -2.46. The molecule has 3 aromatic rings. The third-order valence-corrected chi connectivity index (χ3v) is 10.3. The standard InChI is InChI=1S/C30H37N3O4S/c1-22-18-26(37-3)19-23(2)30(22)38(35,36)33-17-16-31-13-7-10-27(31)28(33)21-29(34)32-14-11-25(12-15-32)20-24-8-5-4-6-9-24/h4-10,13,18-19,25,28H,11-12,14-17,20-21H2,1-3H3.